The van der Waals surface area contributed by atoms with E-state index in [4.69, 9.17) is 21.7 Å². The molecule has 12 nitrogen and oxygen atoms in total. The number of morpholine rings is 1. The molecule has 1 fully saturated rings. The van der Waals surface area contributed by atoms with Crippen LogP contribution < -0.4 is 20.3 Å². The van der Waals surface area contributed by atoms with Crippen molar-refractivity contribution >= 4 is 46.0 Å². The Hall–Kier alpha value is -3.84. The van der Waals surface area contributed by atoms with Crippen LogP contribution in [0, 0.1) is 20.2 Å². The fourth-order valence-corrected chi connectivity index (χ4v) is 3.32. The van der Waals surface area contributed by atoms with Gasteiger partial charge >= 0.3 is 0 Å². The molecule has 0 unspecified atom stereocenters. The van der Waals surface area contributed by atoms with Gasteiger partial charge in [0.15, 0.2) is 5.11 Å². The number of carbonyl (C=O) groups is 1. The standard InChI is InChI=1S/C19H19N5O7S/c1-30-17-5-3-13(23(26)27)11-14(17)20-19(32)21-18(25)12-2-4-15(16(10-12)24(28)29)22-6-8-31-9-7-22/h2-5,10-11H,6-9H2,1H3,(H2,20,21,25,32). The van der Waals surface area contributed by atoms with Gasteiger partial charge in [0.2, 0.25) is 0 Å². The Kier molecular flexibility index (Phi) is 7.12. The highest BCUT2D eigenvalue weighted by Crippen LogP contribution is 2.30. The lowest BCUT2D eigenvalue weighted by atomic mass is 10.1. The number of nitrogens with one attached hydrogen (secondary N) is 2. The Morgan fingerprint density at radius 2 is 1.84 bits per heavy atom. The number of hydrogen-bond donors (Lipinski definition) is 2. The summed E-state index contributed by atoms with van der Waals surface area (Å²) in [6.45, 7) is 1.93. The van der Waals surface area contributed by atoms with E-state index in [-0.39, 0.29) is 33.5 Å². The number of amides is 1. The molecule has 0 atom stereocenters. The van der Waals surface area contributed by atoms with Crippen LogP contribution >= 0.6 is 12.2 Å². The Bertz CT molecular complexity index is 1070. The summed E-state index contributed by atoms with van der Waals surface area (Å²) >= 11 is 5.12. The molecule has 1 heterocycles. The Morgan fingerprint density at radius 3 is 2.47 bits per heavy atom. The summed E-state index contributed by atoms with van der Waals surface area (Å²) in [7, 11) is 1.38. The first-order valence-corrected chi connectivity index (χ1v) is 9.77. The van der Waals surface area contributed by atoms with Crippen LogP contribution in [0.25, 0.3) is 0 Å². The van der Waals surface area contributed by atoms with Crippen molar-refractivity contribution in [2.45, 2.75) is 0 Å². The summed E-state index contributed by atoms with van der Waals surface area (Å²) < 4.78 is 10.4. The Morgan fingerprint density at radius 1 is 1.12 bits per heavy atom. The van der Waals surface area contributed by atoms with Gasteiger partial charge in [0.1, 0.15) is 11.4 Å². The van der Waals surface area contributed by atoms with Gasteiger partial charge < -0.3 is 19.7 Å². The van der Waals surface area contributed by atoms with Crippen molar-refractivity contribution in [1.29, 1.82) is 0 Å². The van der Waals surface area contributed by atoms with Gasteiger partial charge in [-0.3, -0.25) is 30.3 Å². The highest BCUT2D eigenvalue weighted by Gasteiger charge is 2.24. The normalized spacial score (nSPS) is 13.2. The van der Waals surface area contributed by atoms with Crippen molar-refractivity contribution in [1.82, 2.24) is 5.32 Å². The topological polar surface area (TPSA) is 149 Å². The van der Waals surface area contributed by atoms with Crippen LogP contribution in [0.3, 0.4) is 0 Å². The van der Waals surface area contributed by atoms with Crippen LogP contribution in [0.2, 0.25) is 0 Å². The van der Waals surface area contributed by atoms with Crippen molar-refractivity contribution in [2.75, 3.05) is 43.6 Å². The average molecular weight is 461 g/mol. The molecule has 32 heavy (non-hydrogen) atoms. The second-order valence-electron chi connectivity index (χ2n) is 6.61. The van der Waals surface area contributed by atoms with E-state index >= 15 is 0 Å². The fraction of sp³-hybridized carbons (Fsp3) is 0.263. The number of nitro benzene ring substituents is 2. The highest BCUT2D eigenvalue weighted by atomic mass is 32.1. The van der Waals surface area contributed by atoms with Gasteiger partial charge in [-0.1, -0.05) is 0 Å². The molecule has 0 aliphatic carbocycles. The van der Waals surface area contributed by atoms with Gasteiger partial charge in [-0.05, 0) is 30.4 Å². The van der Waals surface area contributed by atoms with E-state index in [9.17, 15) is 25.0 Å². The number of nitro groups is 2. The number of thiocarbonyl (C=S) groups is 1. The van der Waals surface area contributed by atoms with E-state index < -0.39 is 15.8 Å². The number of benzene rings is 2. The quantitative estimate of drug-likeness (QED) is 0.373. The van der Waals surface area contributed by atoms with Crippen LogP contribution in [-0.4, -0.2) is 54.3 Å². The van der Waals surface area contributed by atoms with Gasteiger partial charge in [-0.2, -0.15) is 0 Å². The zero-order valence-electron chi connectivity index (χ0n) is 16.9. The third-order valence-electron chi connectivity index (χ3n) is 4.66. The Balaban J connectivity index is 1.76. The monoisotopic (exact) mass is 461 g/mol. The molecular formula is C19H19N5O7S. The van der Waals surface area contributed by atoms with Crippen molar-refractivity contribution in [3.05, 3.63) is 62.2 Å². The molecule has 2 aromatic carbocycles. The predicted octanol–water partition coefficient (Wildman–Crippen LogP) is 2.48. The molecule has 2 N–H and O–H groups in total. The summed E-state index contributed by atoms with van der Waals surface area (Å²) in [6, 6.07) is 8.01. The van der Waals surface area contributed by atoms with Gasteiger partial charge in [-0.15, -0.1) is 0 Å². The molecule has 2 aromatic rings. The molecule has 13 heteroatoms. The second-order valence-corrected chi connectivity index (χ2v) is 7.02. The van der Waals surface area contributed by atoms with E-state index in [1.165, 1.54) is 43.5 Å². The number of rotatable bonds is 6. The zero-order chi connectivity index (χ0) is 23.3. The molecule has 0 spiro atoms. The zero-order valence-corrected chi connectivity index (χ0v) is 17.7. The molecular weight excluding hydrogens is 442 g/mol. The highest BCUT2D eigenvalue weighted by molar-refractivity contribution is 7.80. The SMILES string of the molecule is COc1ccc([N+](=O)[O-])cc1NC(=S)NC(=O)c1ccc(N2CCOCC2)c([N+](=O)[O-])c1. The molecule has 1 amide bonds. The first kappa shape index (κ1) is 22.8. The van der Waals surface area contributed by atoms with Crippen LogP contribution in [0.4, 0.5) is 22.7 Å². The molecule has 1 aliphatic rings. The van der Waals surface area contributed by atoms with Gasteiger partial charge in [0.25, 0.3) is 17.3 Å². The summed E-state index contributed by atoms with van der Waals surface area (Å²) in [6.07, 6.45) is 0. The smallest absolute Gasteiger partial charge is 0.293 e. The maximum absolute atomic E-state index is 12.6. The van der Waals surface area contributed by atoms with Crippen LogP contribution in [0.5, 0.6) is 5.75 Å². The molecule has 0 saturated carbocycles. The fourth-order valence-electron chi connectivity index (χ4n) is 3.12. The van der Waals surface area contributed by atoms with Gasteiger partial charge in [0.05, 0.1) is 35.9 Å². The van der Waals surface area contributed by atoms with Crippen LogP contribution in [0.15, 0.2) is 36.4 Å². The summed E-state index contributed by atoms with van der Waals surface area (Å²) in [4.78, 5) is 35.9. The molecule has 0 aromatic heterocycles. The van der Waals surface area contributed by atoms with Crippen LogP contribution in [0.1, 0.15) is 10.4 Å². The predicted molar refractivity (Wildman–Crippen MR) is 119 cm³/mol. The molecule has 168 valence electrons. The number of methoxy groups -OCH3 is 1. The molecule has 0 radical (unpaired) electrons. The minimum atomic E-state index is -0.677. The molecule has 1 aliphatic heterocycles. The lowest BCUT2D eigenvalue weighted by Gasteiger charge is -2.28. The van der Waals surface area contributed by atoms with E-state index in [1.807, 2.05) is 4.90 Å². The summed E-state index contributed by atoms with van der Waals surface area (Å²) in [5.41, 5.74) is 0.205. The van der Waals surface area contributed by atoms with E-state index in [1.54, 1.807) is 0 Å². The minimum absolute atomic E-state index is 0.0314. The third kappa shape index (κ3) is 5.25. The van der Waals surface area contributed by atoms with E-state index in [2.05, 4.69) is 10.6 Å². The van der Waals surface area contributed by atoms with E-state index in [0.29, 0.717) is 32.0 Å². The second kappa shape index (κ2) is 9.98. The molecule has 0 bridgehead atoms. The minimum Gasteiger partial charge on any atom is -0.495 e. The van der Waals surface area contributed by atoms with Crippen molar-refractivity contribution in [3.8, 4) is 5.75 Å². The van der Waals surface area contributed by atoms with E-state index in [0.717, 1.165) is 0 Å². The largest absolute Gasteiger partial charge is 0.495 e. The number of non-ortho nitro benzene ring substituents is 1. The molecule has 1 saturated heterocycles. The summed E-state index contributed by atoms with van der Waals surface area (Å²) in [5, 5.41) is 27.5. The lowest BCUT2D eigenvalue weighted by Crippen LogP contribution is -2.37. The first-order chi connectivity index (χ1) is 15.3. The maximum atomic E-state index is 12.6. The number of carbonyl (C=O) groups excluding carboxylic acids is 1. The lowest BCUT2D eigenvalue weighted by molar-refractivity contribution is -0.384. The number of ether oxygens (including phenoxy) is 2. The number of anilines is 2. The third-order valence-corrected chi connectivity index (χ3v) is 4.86. The maximum Gasteiger partial charge on any atom is 0.293 e. The van der Waals surface area contributed by atoms with Crippen LogP contribution in [-0.2, 0) is 4.74 Å². The molecule has 3 rings (SSSR count). The van der Waals surface area contributed by atoms with Crippen molar-refractivity contribution < 1.29 is 24.1 Å². The Labute approximate surface area is 187 Å². The van der Waals surface area contributed by atoms with Gasteiger partial charge in [-0.25, -0.2) is 0 Å². The first-order valence-electron chi connectivity index (χ1n) is 9.36. The summed E-state index contributed by atoms with van der Waals surface area (Å²) in [5.74, 6) is -0.402. The number of hydrogen-bond acceptors (Lipinski definition) is 9. The average Bonchev–Trinajstić information content (AvgIpc) is 2.79. The van der Waals surface area contributed by atoms with Crippen molar-refractivity contribution in [3.63, 3.8) is 0 Å². The van der Waals surface area contributed by atoms with Crippen molar-refractivity contribution in [2.24, 2.45) is 0 Å². The van der Waals surface area contributed by atoms with Gasteiger partial charge in [0, 0.05) is 36.9 Å². The number of nitrogens with zero attached hydrogens (tertiary/aromatic N) is 3.